The van der Waals surface area contributed by atoms with Crippen LogP contribution >= 0.6 is 0 Å². The SMILES string of the molecule is CC1CN(CCCNC(=O)COc2ccc([N+](=O)[O-])cc2)CC(C)O1. The van der Waals surface area contributed by atoms with Gasteiger partial charge >= 0.3 is 0 Å². The van der Waals surface area contributed by atoms with Crippen LogP contribution in [-0.4, -0.2) is 60.7 Å². The molecule has 1 aliphatic heterocycles. The van der Waals surface area contributed by atoms with E-state index in [1.165, 1.54) is 24.3 Å². The van der Waals surface area contributed by atoms with Crippen LogP contribution in [0.4, 0.5) is 5.69 Å². The van der Waals surface area contributed by atoms with E-state index in [1.54, 1.807) is 0 Å². The molecule has 1 aromatic rings. The highest BCUT2D eigenvalue weighted by molar-refractivity contribution is 5.77. The Balaban J connectivity index is 1.60. The number of nitro benzene ring substituents is 1. The van der Waals surface area contributed by atoms with Crippen molar-refractivity contribution in [3.8, 4) is 5.75 Å². The summed E-state index contributed by atoms with van der Waals surface area (Å²) in [4.78, 5) is 24.2. The summed E-state index contributed by atoms with van der Waals surface area (Å²) in [7, 11) is 0. The zero-order valence-electron chi connectivity index (χ0n) is 14.6. The van der Waals surface area contributed by atoms with Crippen molar-refractivity contribution in [1.29, 1.82) is 0 Å². The van der Waals surface area contributed by atoms with Gasteiger partial charge in [0.2, 0.25) is 0 Å². The number of morpholine rings is 1. The summed E-state index contributed by atoms with van der Waals surface area (Å²) in [5.41, 5.74) is -0.0106. The minimum Gasteiger partial charge on any atom is -0.484 e. The Labute approximate surface area is 147 Å². The Morgan fingerprint density at radius 3 is 2.56 bits per heavy atom. The Kier molecular flexibility index (Phi) is 7.15. The molecule has 0 saturated carbocycles. The molecule has 1 N–H and O–H groups in total. The maximum absolute atomic E-state index is 11.8. The van der Waals surface area contributed by atoms with E-state index in [2.05, 4.69) is 24.1 Å². The molecule has 0 bridgehead atoms. The first-order valence-electron chi connectivity index (χ1n) is 8.46. The van der Waals surface area contributed by atoms with Gasteiger partial charge in [-0.2, -0.15) is 0 Å². The molecule has 1 aromatic carbocycles. The number of ether oxygens (including phenoxy) is 2. The molecule has 2 atom stereocenters. The number of non-ortho nitro benzene ring substituents is 1. The Hall–Kier alpha value is -2.19. The van der Waals surface area contributed by atoms with E-state index in [-0.39, 0.29) is 30.4 Å². The highest BCUT2D eigenvalue weighted by Gasteiger charge is 2.21. The van der Waals surface area contributed by atoms with E-state index >= 15 is 0 Å². The van der Waals surface area contributed by atoms with Crippen molar-refractivity contribution in [2.75, 3.05) is 32.8 Å². The normalized spacial score (nSPS) is 20.9. The summed E-state index contributed by atoms with van der Waals surface area (Å²) in [6, 6.07) is 5.65. The molecule has 2 rings (SSSR count). The fourth-order valence-corrected chi connectivity index (χ4v) is 2.86. The first kappa shape index (κ1) is 19.1. The number of hydrogen-bond acceptors (Lipinski definition) is 6. The molecule has 0 radical (unpaired) electrons. The van der Waals surface area contributed by atoms with E-state index in [1.807, 2.05) is 0 Å². The van der Waals surface area contributed by atoms with Crippen LogP contribution in [0.3, 0.4) is 0 Å². The number of hydrogen-bond donors (Lipinski definition) is 1. The molecule has 138 valence electrons. The number of carbonyl (C=O) groups is 1. The van der Waals surface area contributed by atoms with Crippen LogP contribution in [0.15, 0.2) is 24.3 Å². The molecular weight excluding hydrogens is 326 g/mol. The third-order valence-corrected chi connectivity index (χ3v) is 3.89. The van der Waals surface area contributed by atoms with Gasteiger partial charge in [0, 0.05) is 38.3 Å². The van der Waals surface area contributed by atoms with E-state index in [4.69, 9.17) is 9.47 Å². The number of nitro groups is 1. The van der Waals surface area contributed by atoms with E-state index in [0.717, 1.165) is 26.1 Å². The van der Waals surface area contributed by atoms with E-state index < -0.39 is 4.92 Å². The van der Waals surface area contributed by atoms with Crippen molar-refractivity contribution < 1.29 is 19.2 Å². The van der Waals surface area contributed by atoms with Crippen molar-refractivity contribution >= 4 is 11.6 Å². The first-order valence-corrected chi connectivity index (χ1v) is 8.46. The van der Waals surface area contributed by atoms with Crippen LogP contribution in [0.25, 0.3) is 0 Å². The number of carbonyl (C=O) groups excluding carboxylic acids is 1. The second-order valence-electron chi connectivity index (χ2n) is 6.26. The topological polar surface area (TPSA) is 93.9 Å². The van der Waals surface area contributed by atoms with Crippen LogP contribution in [0.1, 0.15) is 20.3 Å². The molecule has 0 aromatic heterocycles. The molecule has 2 unspecified atom stereocenters. The summed E-state index contributed by atoms with van der Waals surface area (Å²) in [6.45, 7) is 7.37. The fraction of sp³-hybridized carbons (Fsp3) is 0.588. The molecule has 0 spiro atoms. The Morgan fingerprint density at radius 2 is 1.96 bits per heavy atom. The molecule has 25 heavy (non-hydrogen) atoms. The number of nitrogens with one attached hydrogen (secondary N) is 1. The smallest absolute Gasteiger partial charge is 0.269 e. The Morgan fingerprint density at radius 1 is 1.32 bits per heavy atom. The van der Waals surface area contributed by atoms with Crippen molar-refractivity contribution in [1.82, 2.24) is 10.2 Å². The third-order valence-electron chi connectivity index (χ3n) is 3.89. The maximum atomic E-state index is 11.8. The predicted octanol–water partition coefficient (Wildman–Crippen LogP) is 1.59. The molecule has 0 aliphatic carbocycles. The van der Waals surface area contributed by atoms with Crippen LogP contribution in [0.5, 0.6) is 5.75 Å². The summed E-state index contributed by atoms with van der Waals surface area (Å²) < 4.78 is 11.0. The number of amides is 1. The van der Waals surface area contributed by atoms with Crippen molar-refractivity contribution in [2.45, 2.75) is 32.5 Å². The van der Waals surface area contributed by atoms with E-state index in [0.29, 0.717) is 12.3 Å². The van der Waals surface area contributed by atoms with Gasteiger partial charge in [-0.15, -0.1) is 0 Å². The first-order chi connectivity index (χ1) is 11.9. The van der Waals surface area contributed by atoms with Crippen LogP contribution < -0.4 is 10.1 Å². The monoisotopic (exact) mass is 351 g/mol. The highest BCUT2D eigenvalue weighted by Crippen LogP contribution is 2.17. The Bertz CT molecular complexity index is 568. The molecular formula is C17H25N3O5. The predicted molar refractivity (Wildman–Crippen MR) is 92.7 cm³/mol. The van der Waals surface area contributed by atoms with Gasteiger partial charge < -0.3 is 14.8 Å². The molecule has 1 amide bonds. The zero-order chi connectivity index (χ0) is 18.2. The largest absolute Gasteiger partial charge is 0.484 e. The minimum atomic E-state index is -0.480. The number of rotatable bonds is 8. The minimum absolute atomic E-state index is 0.0106. The molecule has 1 fully saturated rings. The van der Waals surface area contributed by atoms with Gasteiger partial charge in [-0.1, -0.05) is 0 Å². The number of nitrogens with zero attached hydrogens (tertiary/aromatic N) is 2. The lowest BCUT2D eigenvalue weighted by Gasteiger charge is -2.35. The van der Waals surface area contributed by atoms with E-state index in [9.17, 15) is 14.9 Å². The number of benzene rings is 1. The summed E-state index contributed by atoms with van der Waals surface area (Å²) in [5.74, 6) is 0.221. The van der Waals surface area contributed by atoms with Gasteiger partial charge in [-0.25, -0.2) is 0 Å². The van der Waals surface area contributed by atoms with Gasteiger partial charge in [0.25, 0.3) is 11.6 Å². The van der Waals surface area contributed by atoms with Crippen LogP contribution in [0, 0.1) is 10.1 Å². The third kappa shape index (κ3) is 6.67. The molecule has 1 heterocycles. The van der Waals surface area contributed by atoms with Crippen LogP contribution in [-0.2, 0) is 9.53 Å². The summed E-state index contributed by atoms with van der Waals surface area (Å²) in [5, 5.41) is 13.4. The average Bonchev–Trinajstić information content (AvgIpc) is 2.56. The maximum Gasteiger partial charge on any atom is 0.269 e. The lowest BCUT2D eigenvalue weighted by atomic mass is 10.2. The quantitative estimate of drug-likeness (QED) is 0.434. The highest BCUT2D eigenvalue weighted by atomic mass is 16.6. The second-order valence-corrected chi connectivity index (χ2v) is 6.26. The van der Waals surface area contributed by atoms with Gasteiger partial charge in [-0.05, 0) is 32.4 Å². The van der Waals surface area contributed by atoms with Crippen molar-refractivity contribution in [3.63, 3.8) is 0 Å². The summed E-state index contributed by atoms with van der Waals surface area (Å²) in [6.07, 6.45) is 1.35. The lowest BCUT2D eigenvalue weighted by Crippen LogP contribution is -2.46. The standard InChI is InChI=1S/C17H25N3O5/c1-13-10-19(11-14(2)25-13)9-3-8-18-17(21)12-24-16-6-4-15(5-7-16)20(22)23/h4-7,13-14H,3,8-12H2,1-2H3,(H,18,21). The van der Waals surface area contributed by atoms with Gasteiger partial charge in [0.1, 0.15) is 5.75 Å². The fourth-order valence-electron chi connectivity index (χ4n) is 2.86. The van der Waals surface area contributed by atoms with Crippen LogP contribution in [0.2, 0.25) is 0 Å². The van der Waals surface area contributed by atoms with Crippen molar-refractivity contribution in [3.05, 3.63) is 34.4 Å². The lowest BCUT2D eigenvalue weighted by molar-refractivity contribution is -0.384. The average molecular weight is 351 g/mol. The molecule has 1 aliphatic rings. The summed E-state index contributed by atoms with van der Waals surface area (Å²) >= 11 is 0. The molecule has 8 nitrogen and oxygen atoms in total. The zero-order valence-corrected chi connectivity index (χ0v) is 14.6. The van der Waals surface area contributed by atoms with Gasteiger partial charge in [-0.3, -0.25) is 19.8 Å². The second kappa shape index (κ2) is 9.33. The molecule has 8 heteroatoms. The van der Waals surface area contributed by atoms with Gasteiger partial charge in [0.05, 0.1) is 17.1 Å². The van der Waals surface area contributed by atoms with Crippen molar-refractivity contribution in [2.24, 2.45) is 0 Å². The van der Waals surface area contributed by atoms with Gasteiger partial charge in [0.15, 0.2) is 6.61 Å². The molecule has 1 saturated heterocycles.